The summed E-state index contributed by atoms with van der Waals surface area (Å²) in [6.07, 6.45) is 6.28. The Kier molecular flexibility index (Phi) is 3.73. The highest BCUT2D eigenvalue weighted by Crippen LogP contribution is 2.31. The highest BCUT2D eigenvalue weighted by atomic mass is 32.2. The summed E-state index contributed by atoms with van der Waals surface area (Å²) in [4.78, 5) is 19.5. The van der Waals surface area contributed by atoms with Crippen molar-refractivity contribution in [3.8, 4) is 0 Å². The predicted molar refractivity (Wildman–Crippen MR) is 87.1 cm³/mol. The van der Waals surface area contributed by atoms with Crippen LogP contribution in [0.25, 0.3) is 10.3 Å². The summed E-state index contributed by atoms with van der Waals surface area (Å²) in [6, 6.07) is 0. The fourth-order valence-electron chi connectivity index (χ4n) is 2.73. The standard InChI is InChI=1S/C15H18N2OS2/c1-9(2)8-17-14-12(16-15(17)19-3)13(18)10-6-4-5-7-11(10)20-14/h1,4-8H2,2-3H3. The van der Waals surface area contributed by atoms with Gasteiger partial charge in [0.15, 0.2) is 5.16 Å². The van der Waals surface area contributed by atoms with Crippen molar-refractivity contribution in [2.24, 2.45) is 0 Å². The molecule has 1 aliphatic rings. The molecule has 0 saturated heterocycles. The molecule has 0 radical (unpaired) electrons. The Bertz CT molecular complexity index is 742. The van der Waals surface area contributed by atoms with E-state index in [0.717, 1.165) is 46.9 Å². The van der Waals surface area contributed by atoms with Crippen molar-refractivity contribution in [2.45, 2.75) is 44.3 Å². The van der Waals surface area contributed by atoms with Crippen LogP contribution in [0.1, 0.15) is 30.2 Å². The van der Waals surface area contributed by atoms with Gasteiger partial charge in [0.2, 0.25) is 5.43 Å². The van der Waals surface area contributed by atoms with Crippen LogP contribution in [0, 0.1) is 0 Å². The van der Waals surface area contributed by atoms with Crippen LogP contribution in [0.15, 0.2) is 22.1 Å². The van der Waals surface area contributed by atoms with Crippen LogP contribution in [0.4, 0.5) is 0 Å². The molecule has 5 heteroatoms. The normalized spacial score (nSPS) is 14.5. The van der Waals surface area contributed by atoms with Gasteiger partial charge in [-0.3, -0.25) is 4.79 Å². The number of thioether (sulfide) groups is 1. The Labute approximate surface area is 126 Å². The fraction of sp³-hybridized carbons (Fsp3) is 0.467. The van der Waals surface area contributed by atoms with Crippen molar-refractivity contribution in [3.63, 3.8) is 0 Å². The quantitative estimate of drug-likeness (QED) is 0.641. The lowest BCUT2D eigenvalue weighted by molar-refractivity contribution is 0.692. The molecule has 20 heavy (non-hydrogen) atoms. The molecule has 0 aromatic carbocycles. The minimum Gasteiger partial charge on any atom is -0.306 e. The molecule has 2 heterocycles. The summed E-state index contributed by atoms with van der Waals surface area (Å²) in [5, 5.41) is 0.915. The van der Waals surface area contributed by atoms with Gasteiger partial charge in [0.1, 0.15) is 10.3 Å². The molecule has 0 bridgehead atoms. The van der Waals surface area contributed by atoms with Crippen LogP contribution < -0.4 is 5.43 Å². The second kappa shape index (κ2) is 5.37. The van der Waals surface area contributed by atoms with Crippen LogP contribution in [0.3, 0.4) is 0 Å². The molecular weight excluding hydrogens is 288 g/mol. The molecule has 2 aromatic rings. The van der Waals surface area contributed by atoms with Gasteiger partial charge in [0.25, 0.3) is 0 Å². The monoisotopic (exact) mass is 306 g/mol. The maximum absolute atomic E-state index is 12.6. The summed E-state index contributed by atoms with van der Waals surface area (Å²) < 4.78 is 2.14. The molecule has 0 spiro atoms. The third kappa shape index (κ3) is 2.23. The number of aromatic nitrogens is 2. The molecule has 1 aliphatic carbocycles. The topological polar surface area (TPSA) is 34.9 Å². The number of rotatable bonds is 3. The third-order valence-corrected chi connectivity index (χ3v) is 5.60. The smallest absolute Gasteiger partial charge is 0.211 e. The van der Waals surface area contributed by atoms with E-state index in [1.807, 2.05) is 13.2 Å². The molecule has 0 N–H and O–H groups in total. The Balaban J connectivity index is 2.30. The van der Waals surface area contributed by atoms with Gasteiger partial charge in [0, 0.05) is 17.0 Å². The summed E-state index contributed by atoms with van der Waals surface area (Å²) in [7, 11) is 0. The lowest BCUT2D eigenvalue weighted by atomic mass is 9.98. The first-order chi connectivity index (χ1) is 9.61. The molecule has 3 nitrogen and oxygen atoms in total. The van der Waals surface area contributed by atoms with Gasteiger partial charge in [-0.2, -0.15) is 0 Å². The average Bonchev–Trinajstić information content (AvgIpc) is 2.77. The van der Waals surface area contributed by atoms with Gasteiger partial charge >= 0.3 is 0 Å². The molecule has 0 saturated carbocycles. The lowest BCUT2D eigenvalue weighted by Gasteiger charge is -2.14. The molecular formula is C15H18N2OS2. The van der Waals surface area contributed by atoms with Crippen molar-refractivity contribution in [2.75, 3.05) is 6.26 Å². The maximum atomic E-state index is 12.6. The van der Waals surface area contributed by atoms with E-state index in [9.17, 15) is 4.79 Å². The molecule has 0 unspecified atom stereocenters. The number of nitrogens with zero attached hydrogens (tertiary/aromatic N) is 2. The SMILES string of the molecule is C=C(C)Cn1c(SC)nc2c(=O)c3c(sc21)CCCC3. The minimum absolute atomic E-state index is 0.157. The van der Waals surface area contributed by atoms with Gasteiger partial charge in [0.05, 0.1) is 0 Å². The Morgan fingerprint density at radius 3 is 2.90 bits per heavy atom. The van der Waals surface area contributed by atoms with E-state index in [4.69, 9.17) is 0 Å². The van der Waals surface area contributed by atoms with E-state index in [1.165, 1.54) is 11.3 Å². The fourth-order valence-corrected chi connectivity index (χ4v) is 4.64. The van der Waals surface area contributed by atoms with E-state index in [2.05, 4.69) is 16.1 Å². The number of allylic oxidation sites excluding steroid dienone is 1. The zero-order valence-electron chi connectivity index (χ0n) is 11.9. The summed E-state index contributed by atoms with van der Waals surface area (Å²) in [5.41, 5.74) is 2.91. The van der Waals surface area contributed by atoms with E-state index in [-0.39, 0.29) is 5.43 Å². The summed E-state index contributed by atoms with van der Waals surface area (Å²) in [5.74, 6) is 0. The highest BCUT2D eigenvalue weighted by molar-refractivity contribution is 7.98. The Morgan fingerprint density at radius 2 is 2.20 bits per heavy atom. The molecule has 0 atom stereocenters. The van der Waals surface area contributed by atoms with E-state index >= 15 is 0 Å². The summed E-state index contributed by atoms with van der Waals surface area (Å²) in [6.45, 7) is 6.74. The molecule has 2 aromatic heterocycles. The van der Waals surface area contributed by atoms with E-state index in [1.54, 1.807) is 23.1 Å². The predicted octanol–water partition coefficient (Wildman–Crippen LogP) is 3.63. The first kappa shape index (κ1) is 13.9. The first-order valence-corrected chi connectivity index (χ1v) is 8.89. The molecule has 106 valence electrons. The molecule has 3 rings (SSSR count). The first-order valence-electron chi connectivity index (χ1n) is 6.85. The van der Waals surface area contributed by atoms with Gasteiger partial charge < -0.3 is 4.57 Å². The van der Waals surface area contributed by atoms with Crippen LogP contribution in [-0.4, -0.2) is 15.8 Å². The van der Waals surface area contributed by atoms with Crippen LogP contribution in [0.5, 0.6) is 0 Å². The van der Waals surface area contributed by atoms with E-state index < -0.39 is 0 Å². The van der Waals surface area contributed by atoms with Crippen molar-refractivity contribution in [1.29, 1.82) is 0 Å². The number of fused-ring (bicyclic) bond motifs is 2. The van der Waals surface area contributed by atoms with Crippen molar-refractivity contribution < 1.29 is 0 Å². The molecule has 0 aliphatic heterocycles. The minimum atomic E-state index is 0.157. The van der Waals surface area contributed by atoms with E-state index in [0.29, 0.717) is 5.52 Å². The van der Waals surface area contributed by atoms with Gasteiger partial charge in [-0.05, 0) is 38.9 Å². The van der Waals surface area contributed by atoms with Gasteiger partial charge in [-0.25, -0.2) is 4.98 Å². The van der Waals surface area contributed by atoms with Crippen LogP contribution >= 0.6 is 23.1 Å². The number of hydrogen-bond donors (Lipinski definition) is 0. The molecule has 0 fully saturated rings. The Hall–Kier alpha value is -1.07. The third-order valence-electron chi connectivity index (χ3n) is 3.62. The number of hydrogen-bond acceptors (Lipinski definition) is 4. The zero-order valence-corrected chi connectivity index (χ0v) is 13.5. The largest absolute Gasteiger partial charge is 0.306 e. The zero-order chi connectivity index (χ0) is 14.3. The van der Waals surface area contributed by atoms with Crippen molar-refractivity contribution >= 4 is 33.4 Å². The Morgan fingerprint density at radius 1 is 1.45 bits per heavy atom. The van der Waals surface area contributed by atoms with Gasteiger partial charge in [-0.1, -0.05) is 23.9 Å². The van der Waals surface area contributed by atoms with Gasteiger partial charge in [-0.15, -0.1) is 11.3 Å². The van der Waals surface area contributed by atoms with Crippen LogP contribution in [-0.2, 0) is 19.4 Å². The number of aryl methyl sites for hydroxylation is 1. The summed E-state index contributed by atoms with van der Waals surface area (Å²) >= 11 is 3.35. The van der Waals surface area contributed by atoms with Crippen molar-refractivity contribution in [1.82, 2.24) is 9.55 Å². The van der Waals surface area contributed by atoms with Crippen molar-refractivity contribution in [3.05, 3.63) is 32.8 Å². The maximum Gasteiger partial charge on any atom is 0.211 e. The highest BCUT2D eigenvalue weighted by Gasteiger charge is 2.21. The number of imidazole rings is 1. The second-order valence-corrected chi connectivity index (χ2v) is 7.19. The average molecular weight is 306 g/mol. The second-order valence-electron chi connectivity index (χ2n) is 5.34. The lowest BCUT2D eigenvalue weighted by Crippen LogP contribution is -2.15. The van der Waals surface area contributed by atoms with Crippen LogP contribution in [0.2, 0.25) is 0 Å². The molecule has 0 amide bonds.